The van der Waals surface area contributed by atoms with E-state index in [0.717, 1.165) is 16.5 Å². The number of para-hydroxylation sites is 1. The number of benzene rings is 2. The summed E-state index contributed by atoms with van der Waals surface area (Å²) in [7, 11) is -3.51. The maximum Gasteiger partial charge on any atom is 0.509 e. The quantitative estimate of drug-likeness (QED) is 0.0684. The largest absolute Gasteiger partial charge is 0.509 e. The number of nitrogens with zero attached hydrogens (tertiary/aromatic N) is 3. The second-order valence-corrected chi connectivity index (χ2v) is 17.1. The first-order valence-electron chi connectivity index (χ1n) is 19.9. The van der Waals surface area contributed by atoms with E-state index in [4.69, 9.17) is 35.4 Å². The van der Waals surface area contributed by atoms with Gasteiger partial charge in [-0.3, -0.25) is 19.2 Å². The number of ether oxygens (including phenoxy) is 4. The molecule has 20 heteroatoms. The lowest BCUT2D eigenvalue weighted by molar-refractivity contribution is -0.159. The summed E-state index contributed by atoms with van der Waals surface area (Å²) in [6, 6.07) is 14.1. The second-order valence-electron chi connectivity index (χ2n) is 15.2. The summed E-state index contributed by atoms with van der Waals surface area (Å²) in [4.78, 5) is 81.4. The number of amides is 3. The number of esters is 1. The average molecular weight is 876 g/mol. The number of aromatic nitrogens is 2. The van der Waals surface area contributed by atoms with Crippen LogP contribution in [0.15, 0.2) is 59.4 Å². The molecule has 0 radical (unpaired) electrons. The van der Waals surface area contributed by atoms with Crippen molar-refractivity contribution in [2.45, 2.75) is 77.5 Å². The highest BCUT2D eigenvalue weighted by Crippen LogP contribution is 2.39. The Kier molecular flexibility index (Phi) is 14.4. The van der Waals surface area contributed by atoms with Gasteiger partial charge in [-0.25, -0.2) is 23.0 Å². The molecule has 6 N–H and O–H groups in total. The minimum Gasteiger partial charge on any atom is -0.458 e. The molecular weight excluding hydrogens is 827 g/mol. The van der Waals surface area contributed by atoms with Crippen molar-refractivity contribution in [2.75, 3.05) is 37.9 Å². The Morgan fingerprint density at radius 1 is 1.03 bits per heavy atom. The van der Waals surface area contributed by atoms with E-state index in [9.17, 15) is 37.2 Å². The van der Waals surface area contributed by atoms with Crippen molar-refractivity contribution in [1.82, 2.24) is 19.2 Å². The number of sulfonamides is 1. The van der Waals surface area contributed by atoms with Crippen LogP contribution in [0.25, 0.3) is 22.3 Å². The molecule has 19 nitrogen and oxygen atoms in total. The molecule has 2 atom stereocenters. The van der Waals surface area contributed by atoms with Gasteiger partial charge in [0, 0.05) is 34.8 Å². The van der Waals surface area contributed by atoms with E-state index in [-0.39, 0.29) is 43.5 Å². The maximum atomic E-state index is 14.0. The molecule has 0 aliphatic carbocycles. The molecule has 0 unspecified atom stereocenters. The van der Waals surface area contributed by atoms with Gasteiger partial charge >= 0.3 is 12.1 Å². The first kappa shape index (κ1) is 45.3. The average Bonchev–Trinajstić information content (AvgIpc) is 3.58. The highest BCUT2D eigenvalue weighted by molar-refractivity contribution is 7.88. The molecule has 6 rings (SSSR count). The van der Waals surface area contributed by atoms with E-state index in [0.29, 0.717) is 60.4 Å². The molecule has 0 spiro atoms. The van der Waals surface area contributed by atoms with Crippen molar-refractivity contribution in [3.63, 3.8) is 0 Å². The summed E-state index contributed by atoms with van der Waals surface area (Å²) in [5, 5.41) is 6.14. The Balaban J connectivity index is 1.14. The van der Waals surface area contributed by atoms with Crippen LogP contribution in [0.5, 0.6) is 0 Å². The van der Waals surface area contributed by atoms with Crippen molar-refractivity contribution >= 4 is 56.5 Å². The number of primary amides is 1. The first-order chi connectivity index (χ1) is 29.5. The number of carbonyl (C=O) groups excluding carboxylic acids is 5. The summed E-state index contributed by atoms with van der Waals surface area (Å²) < 4.78 is 49.2. The first-order valence-corrected chi connectivity index (χ1v) is 21.8. The molecule has 0 bridgehead atoms. The predicted molar refractivity (Wildman–Crippen MR) is 225 cm³/mol. The zero-order valence-electron chi connectivity index (χ0n) is 34.5. The van der Waals surface area contributed by atoms with E-state index in [1.165, 1.54) is 15.1 Å². The van der Waals surface area contributed by atoms with Gasteiger partial charge in [-0.2, -0.15) is 4.31 Å². The van der Waals surface area contributed by atoms with Crippen LogP contribution >= 0.6 is 0 Å². The SMILES string of the molecule is CC(C)N(CCc1c2c(nc3ccccc13)-c1cc3c(c(=O)n1C2)COC(=O)[C@H]3OC(=O)OCc1ccc(NC(=O)[C@H](CCCCN)NC(=O)COCC(N)=O)cc1)S(C)(=O)=O. The second kappa shape index (κ2) is 19.7. The van der Waals surface area contributed by atoms with Crippen molar-refractivity contribution in [3.8, 4) is 11.4 Å². The molecule has 0 saturated heterocycles. The van der Waals surface area contributed by atoms with Crippen molar-refractivity contribution in [2.24, 2.45) is 11.5 Å². The number of unbranched alkanes of at least 4 members (excludes halogenated alkanes) is 1. The third kappa shape index (κ3) is 10.6. The number of anilines is 1. The maximum absolute atomic E-state index is 14.0. The predicted octanol–water partition coefficient (Wildman–Crippen LogP) is 2.14. The number of fused-ring (bicyclic) bond motifs is 5. The molecule has 0 fully saturated rings. The number of nitrogens with one attached hydrogen (secondary N) is 2. The van der Waals surface area contributed by atoms with E-state index < -0.39 is 70.8 Å². The standard InChI is InChI=1S/C42H49N7O12S/c1-24(2)49(62(3,56)57)17-15-27-28-8-4-5-9-32(28)47-37-30(27)19-48-34(37)18-29-31(40(48)53)21-59-41(54)38(29)61-42(55)60-20-25-11-13-26(14-12-25)45-39(52)33(10-6-7-16-43)46-36(51)23-58-22-35(44)50/h4-5,8-9,11-14,18,24,33,38H,6-7,10,15-17,19-23,43H2,1-3H3,(H2,44,50)(H,45,52)(H,46,51)/t33-,38-/m0/s1. The Morgan fingerprint density at radius 3 is 2.47 bits per heavy atom. The van der Waals surface area contributed by atoms with Crippen LogP contribution in [0.1, 0.15) is 67.0 Å². The van der Waals surface area contributed by atoms with E-state index >= 15 is 0 Å². The summed E-state index contributed by atoms with van der Waals surface area (Å²) >= 11 is 0. The Bertz CT molecular complexity index is 2540. The molecule has 2 aliphatic rings. The minimum atomic E-state index is -3.51. The number of cyclic esters (lactones) is 1. The molecular formula is C42H49N7O12S. The van der Waals surface area contributed by atoms with Crippen LogP contribution in [0.4, 0.5) is 10.5 Å². The number of pyridine rings is 2. The number of carbonyl (C=O) groups is 5. The van der Waals surface area contributed by atoms with Crippen LogP contribution in [0, 0.1) is 0 Å². The van der Waals surface area contributed by atoms with E-state index in [1.54, 1.807) is 44.2 Å². The molecule has 62 heavy (non-hydrogen) atoms. The van der Waals surface area contributed by atoms with Gasteiger partial charge in [-0.15, -0.1) is 0 Å². The molecule has 2 aliphatic heterocycles. The van der Waals surface area contributed by atoms with Gasteiger partial charge in [0.15, 0.2) is 0 Å². The Labute approximate surface area is 357 Å². The normalized spacial score (nSPS) is 14.7. The zero-order valence-corrected chi connectivity index (χ0v) is 35.3. The van der Waals surface area contributed by atoms with E-state index in [1.807, 2.05) is 24.3 Å². The minimum absolute atomic E-state index is 0.128. The molecule has 3 amide bonds. The Morgan fingerprint density at radius 2 is 1.77 bits per heavy atom. The van der Waals surface area contributed by atoms with E-state index in [2.05, 4.69) is 10.6 Å². The monoisotopic (exact) mass is 875 g/mol. The van der Waals surface area contributed by atoms with Crippen molar-refractivity contribution in [3.05, 3.63) is 92.8 Å². The highest BCUT2D eigenvalue weighted by Gasteiger charge is 2.38. The third-order valence-corrected chi connectivity index (χ3v) is 11.9. The summed E-state index contributed by atoms with van der Waals surface area (Å²) in [6.07, 6.45) is 0.184. The fraction of sp³-hybridized carbons (Fsp3) is 0.405. The topological polar surface area (TPSA) is 271 Å². The fourth-order valence-electron chi connectivity index (χ4n) is 7.50. The molecule has 4 heterocycles. The van der Waals surface area contributed by atoms with Crippen LogP contribution in [-0.4, -0.2) is 96.8 Å². The lowest BCUT2D eigenvalue weighted by Gasteiger charge is -2.24. The third-order valence-electron chi connectivity index (χ3n) is 10.4. The molecule has 4 aromatic rings. The van der Waals surface area contributed by atoms with Gasteiger partial charge in [0.1, 0.15) is 32.5 Å². The number of hydrogen-bond acceptors (Lipinski definition) is 14. The van der Waals surface area contributed by atoms with Gasteiger partial charge < -0.3 is 45.6 Å². The summed E-state index contributed by atoms with van der Waals surface area (Å²) in [5.74, 6) is -2.74. The lowest BCUT2D eigenvalue weighted by atomic mass is 9.97. The lowest BCUT2D eigenvalue weighted by Crippen LogP contribution is -2.45. The van der Waals surface area contributed by atoms with Crippen LogP contribution in [0.3, 0.4) is 0 Å². The number of nitrogens with two attached hydrogens (primary N) is 2. The number of rotatable bonds is 19. The summed E-state index contributed by atoms with van der Waals surface area (Å²) in [6.45, 7) is 2.84. The van der Waals surface area contributed by atoms with Gasteiger partial charge in [0.25, 0.3) is 5.56 Å². The molecule has 2 aromatic carbocycles. The van der Waals surface area contributed by atoms with Crippen LogP contribution in [0.2, 0.25) is 0 Å². The van der Waals surface area contributed by atoms with Crippen LogP contribution in [-0.2, 0) is 74.3 Å². The smallest absolute Gasteiger partial charge is 0.458 e. The molecule has 2 aromatic heterocycles. The van der Waals surface area contributed by atoms with Crippen LogP contribution < -0.4 is 27.7 Å². The van der Waals surface area contributed by atoms with Crippen molar-refractivity contribution < 1.29 is 51.3 Å². The van der Waals surface area contributed by atoms with Gasteiger partial charge in [0.2, 0.25) is 33.8 Å². The molecule has 330 valence electrons. The van der Waals surface area contributed by atoms with Gasteiger partial charge in [-0.1, -0.05) is 30.3 Å². The van der Waals surface area contributed by atoms with Gasteiger partial charge in [-0.05, 0) is 81.5 Å². The Hall–Kier alpha value is -6.22. The number of hydrogen-bond donors (Lipinski definition) is 4. The zero-order chi connectivity index (χ0) is 44.7. The fourth-order valence-corrected chi connectivity index (χ4v) is 8.69. The highest BCUT2D eigenvalue weighted by atomic mass is 32.2. The summed E-state index contributed by atoms with van der Waals surface area (Å²) in [5.41, 5.74) is 14.4. The van der Waals surface area contributed by atoms with Crippen molar-refractivity contribution in [1.29, 1.82) is 0 Å². The molecule has 0 saturated carbocycles. The van der Waals surface area contributed by atoms with Gasteiger partial charge in [0.05, 0.1) is 35.3 Å².